The number of carbonyl (C=O) groups is 1. The van der Waals surface area contributed by atoms with Crippen LogP contribution in [0.4, 0.5) is 0 Å². The average molecular weight is 389 g/mol. The van der Waals surface area contributed by atoms with Crippen molar-refractivity contribution in [2.24, 2.45) is 5.92 Å². The first-order valence-electron chi connectivity index (χ1n) is 9.60. The Bertz CT molecular complexity index is 744. The number of amides is 1. The fourth-order valence-electron chi connectivity index (χ4n) is 2.55. The van der Waals surface area contributed by atoms with Crippen molar-refractivity contribution < 1.29 is 9.53 Å². The quantitative estimate of drug-likeness (QED) is 0.629. The largest absolute Gasteiger partial charge is 0.486 e. The van der Waals surface area contributed by atoms with Gasteiger partial charge in [0.15, 0.2) is 11.0 Å². The number of hydrogen-bond acceptors (Lipinski definition) is 5. The van der Waals surface area contributed by atoms with Gasteiger partial charge < -0.3 is 14.6 Å². The van der Waals surface area contributed by atoms with Gasteiger partial charge in [0.2, 0.25) is 5.91 Å². The minimum atomic E-state index is -0.199. The van der Waals surface area contributed by atoms with Crippen LogP contribution < -0.4 is 10.1 Å². The summed E-state index contributed by atoms with van der Waals surface area (Å²) in [6.45, 7) is 7.49. The standard InChI is InChI=1S/C20H28N4O2S/c1-14(2)11-12-24-18(13-26-17-7-5-4-6-8-17)22-23-20(24)27-15(3)19(25)21-16-9-10-16/h4-8,14-16H,9-13H2,1-3H3,(H,21,25)/t15-/m1/s1. The third-order valence-electron chi connectivity index (χ3n) is 4.41. The van der Waals surface area contributed by atoms with Crippen LogP contribution in [0, 0.1) is 5.92 Å². The minimum Gasteiger partial charge on any atom is -0.486 e. The van der Waals surface area contributed by atoms with E-state index in [0.29, 0.717) is 18.6 Å². The smallest absolute Gasteiger partial charge is 0.233 e. The summed E-state index contributed by atoms with van der Waals surface area (Å²) in [5.74, 6) is 2.24. The maximum Gasteiger partial charge on any atom is 0.233 e. The normalized spacial score (nSPS) is 15.0. The van der Waals surface area contributed by atoms with Crippen LogP contribution >= 0.6 is 11.8 Å². The summed E-state index contributed by atoms with van der Waals surface area (Å²) in [5, 5.41) is 12.3. The van der Waals surface area contributed by atoms with Crippen LogP contribution in [0.15, 0.2) is 35.5 Å². The maximum absolute atomic E-state index is 12.3. The van der Waals surface area contributed by atoms with Crippen LogP contribution in [-0.4, -0.2) is 32.0 Å². The molecule has 1 aliphatic rings. The molecular weight excluding hydrogens is 360 g/mol. The lowest BCUT2D eigenvalue weighted by Crippen LogP contribution is -2.32. The molecule has 1 N–H and O–H groups in total. The highest BCUT2D eigenvalue weighted by atomic mass is 32.2. The summed E-state index contributed by atoms with van der Waals surface area (Å²) in [6, 6.07) is 10.1. The van der Waals surface area contributed by atoms with Crippen LogP contribution in [0.25, 0.3) is 0 Å². The number of para-hydroxylation sites is 1. The van der Waals surface area contributed by atoms with Crippen LogP contribution in [-0.2, 0) is 17.9 Å². The van der Waals surface area contributed by atoms with Crippen LogP contribution in [0.5, 0.6) is 5.75 Å². The van der Waals surface area contributed by atoms with Crippen LogP contribution in [0.1, 0.15) is 45.9 Å². The highest BCUT2D eigenvalue weighted by Crippen LogP contribution is 2.26. The summed E-state index contributed by atoms with van der Waals surface area (Å²) in [6.07, 6.45) is 3.20. The number of nitrogens with zero attached hydrogens (tertiary/aromatic N) is 3. The zero-order valence-electron chi connectivity index (χ0n) is 16.2. The lowest BCUT2D eigenvalue weighted by molar-refractivity contribution is -0.120. The molecule has 1 saturated carbocycles. The summed E-state index contributed by atoms with van der Waals surface area (Å²) >= 11 is 1.46. The van der Waals surface area contributed by atoms with Gasteiger partial charge >= 0.3 is 0 Å². The Kier molecular flexibility index (Phi) is 6.77. The fraction of sp³-hybridized carbons (Fsp3) is 0.550. The van der Waals surface area contributed by atoms with Gasteiger partial charge in [-0.3, -0.25) is 4.79 Å². The molecule has 7 heteroatoms. The second kappa shape index (κ2) is 9.26. The third kappa shape index (κ3) is 5.99. The Hall–Kier alpha value is -2.02. The van der Waals surface area contributed by atoms with Gasteiger partial charge in [0, 0.05) is 12.6 Å². The molecule has 1 aliphatic carbocycles. The van der Waals surface area contributed by atoms with E-state index in [1.807, 2.05) is 37.3 Å². The van der Waals surface area contributed by atoms with Crippen LogP contribution in [0.2, 0.25) is 0 Å². The van der Waals surface area contributed by atoms with Gasteiger partial charge in [0.1, 0.15) is 12.4 Å². The summed E-state index contributed by atoms with van der Waals surface area (Å²) in [7, 11) is 0. The second-order valence-electron chi connectivity index (χ2n) is 7.38. The number of thioether (sulfide) groups is 1. The van der Waals surface area contributed by atoms with E-state index in [2.05, 4.69) is 33.9 Å². The SMILES string of the molecule is CC(C)CCn1c(COc2ccccc2)nnc1S[C@H](C)C(=O)NC1CC1. The number of rotatable bonds is 10. The molecule has 0 unspecified atom stereocenters. The monoisotopic (exact) mass is 388 g/mol. The van der Waals surface area contributed by atoms with Gasteiger partial charge in [-0.2, -0.15) is 0 Å². The molecule has 0 bridgehead atoms. The molecule has 1 fully saturated rings. The number of nitrogens with one attached hydrogen (secondary N) is 1. The molecular formula is C20H28N4O2S. The Morgan fingerprint density at radius 1 is 1.26 bits per heavy atom. The van der Waals surface area contributed by atoms with E-state index < -0.39 is 0 Å². The molecule has 1 amide bonds. The van der Waals surface area contributed by atoms with Crippen molar-refractivity contribution in [1.82, 2.24) is 20.1 Å². The van der Waals surface area contributed by atoms with Gasteiger partial charge in [-0.1, -0.05) is 43.8 Å². The molecule has 1 atom stereocenters. The molecule has 0 saturated heterocycles. The Labute approximate surface area is 165 Å². The van der Waals surface area contributed by atoms with E-state index in [1.165, 1.54) is 11.8 Å². The minimum absolute atomic E-state index is 0.0722. The predicted molar refractivity (Wildman–Crippen MR) is 107 cm³/mol. The summed E-state index contributed by atoms with van der Waals surface area (Å²) in [5.41, 5.74) is 0. The molecule has 27 heavy (non-hydrogen) atoms. The summed E-state index contributed by atoms with van der Waals surface area (Å²) < 4.78 is 7.95. The van der Waals surface area contributed by atoms with E-state index in [0.717, 1.165) is 42.5 Å². The Morgan fingerprint density at radius 2 is 2.00 bits per heavy atom. The first kappa shape index (κ1) is 19.7. The van der Waals surface area contributed by atoms with Crippen molar-refractivity contribution in [2.75, 3.05) is 0 Å². The van der Waals surface area contributed by atoms with Gasteiger partial charge in [0.25, 0.3) is 0 Å². The van der Waals surface area contributed by atoms with Gasteiger partial charge in [-0.05, 0) is 44.2 Å². The molecule has 146 valence electrons. The highest BCUT2D eigenvalue weighted by molar-refractivity contribution is 8.00. The molecule has 1 aromatic carbocycles. The highest BCUT2D eigenvalue weighted by Gasteiger charge is 2.27. The Balaban J connectivity index is 1.67. The first-order chi connectivity index (χ1) is 13.0. The van der Waals surface area contributed by atoms with E-state index >= 15 is 0 Å². The lowest BCUT2D eigenvalue weighted by Gasteiger charge is -2.14. The molecule has 3 rings (SSSR count). The molecule has 1 aromatic heterocycles. The zero-order chi connectivity index (χ0) is 19.2. The van der Waals surface area contributed by atoms with E-state index in [4.69, 9.17) is 4.74 Å². The topological polar surface area (TPSA) is 69.0 Å². The van der Waals surface area contributed by atoms with Crippen molar-refractivity contribution >= 4 is 17.7 Å². The number of aromatic nitrogens is 3. The van der Waals surface area contributed by atoms with Crippen molar-refractivity contribution in [3.63, 3.8) is 0 Å². The summed E-state index contributed by atoms with van der Waals surface area (Å²) in [4.78, 5) is 12.3. The number of carbonyl (C=O) groups excluding carboxylic acids is 1. The Morgan fingerprint density at radius 3 is 2.67 bits per heavy atom. The second-order valence-corrected chi connectivity index (χ2v) is 8.69. The first-order valence-corrected chi connectivity index (χ1v) is 10.5. The molecule has 2 aromatic rings. The van der Waals surface area contributed by atoms with Gasteiger partial charge in [-0.15, -0.1) is 10.2 Å². The molecule has 6 nitrogen and oxygen atoms in total. The van der Waals surface area contributed by atoms with Crippen LogP contribution in [0.3, 0.4) is 0 Å². The molecule has 1 heterocycles. The van der Waals surface area contributed by atoms with Crippen molar-refractivity contribution in [3.8, 4) is 5.75 Å². The van der Waals surface area contributed by atoms with Crippen molar-refractivity contribution in [3.05, 3.63) is 36.2 Å². The van der Waals surface area contributed by atoms with Crippen molar-refractivity contribution in [2.45, 2.75) is 69.6 Å². The zero-order valence-corrected chi connectivity index (χ0v) is 17.0. The third-order valence-corrected chi connectivity index (χ3v) is 5.49. The molecule has 0 aliphatic heterocycles. The van der Waals surface area contributed by atoms with E-state index in [-0.39, 0.29) is 11.2 Å². The lowest BCUT2D eigenvalue weighted by atomic mass is 10.1. The van der Waals surface area contributed by atoms with E-state index in [9.17, 15) is 4.79 Å². The predicted octanol–water partition coefficient (Wildman–Crippen LogP) is 3.66. The number of ether oxygens (including phenoxy) is 1. The molecule has 0 radical (unpaired) electrons. The number of hydrogen-bond donors (Lipinski definition) is 1. The van der Waals surface area contributed by atoms with Gasteiger partial charge in [0.05, 0.1) is 5.25 Å². The average Bonchev–Trinajstić information content (AvgIpc) is 3.39. The van der Waals surface area contributed by atoms with E-state index in [1.54, 1.807) is 0 Å². The fourth-order valence-corrected chi connectivity index (χ4v) is 3.45. The molecule has 0 spiro atoms. The van der Waals surface area contributed by atoms with Crippen molar-refractivity contribution in [1.29, 1.82) is 0 Å². The maximum atomic E-state index is 12.3. The van der Waals surface area contributed by atoms with Gasteiger partial charge in [-0.25, -0.2) is 0 Å². The number of benzene rings is 1.